The molecular weight excluding hydrogens is 313 g/mol. The van der Waals surface area contributed by atoms with Gasteiger partial charge >= 0.3 is 6.18 Å². The van der Waals surface area contributed by atoms with Crippen molar-refractivity contribution in [3.05, 3.63) is 33.8 Å². The van der Waals surface area contributed by atoms with E-state index in [1.807, 2.05) is 6.92 Å². The Morgan fingerprint density at radius 2 is 2.06 bits per heavy atom. The van der Waals surface area contributed by atoms with Gasteiger partial charge in [0.05, 0.1) is 12.2 Å². The maximum Gasteiger partial charge on any atom is 0.417 e. The SMILES string of the molecule is CCCOCC(O)c1ccc(Br)c(C(F)(F)F)c1. The summed E-state index contributed by atoms with van der Waals surface area (Å²) in [6.45, 7) is 2.38. The van der Waals surface area contributed by atoms with Gasteiger partial charge in [-0.1, -0.05) is 28.9 Å². The smallest absolute Gasteiger partial charge is 0.386 e. The Morgan fingerprint density at radius 3 is 2.61 bits per heavy atom. The molecule has 0 heterocycles. The summed E-state index contributed by atoms with van der Waals surface area (Å²) in [4.78, 5) is 0. The average molecular weight is 327 g/mol. The van der Waals surface area contributed by atoms with Gasteiger partial charge in [0.15, 0.2) is 0 Å². The Labute approximate surface area is 112 Å². The van der Waals surface area contributed by atoms with Crippen LogP contribution in [0.2, 0.25) is 0 Å². The number of alkyl halides is 3. The van der Waals surface area contributed by atoms with Crippen LogP contribution < -0.4 is 0 Å². The number of ether oxygens (including phenoxy) is 1. The van der Waals surface area contributed by atoms with Gasteiger partial charge in [-0.25, -0.2) is 0 Å². The van der Waals surface area contributed by atoms with Crippen LogP contribution in [-0.4, -0.2) is 18.3 Å². The zero-order chi connectivity index (χ0) is 13.8. The van der Waals surface area contributed by atoms with Crippen LogP contribution in [0.25, 0.3) is 0 Å². The monoisotopic (exact) mass is 326 g/mol. The molecule has 0 saturated carbocycles. The van der Waals surface area contributed by atoms with Gasteiger partial charge in [0.1, 0.15) is 6.10 Å². The lowest BCUT2D eigenvalue weighted by Crippen LogP contribution is -2.11. The van der Waals surface area contributed by atoms with Crippen LogP contribution in [0.5, 0.6) is 0 Å². The molecule has 2 nitrogen and oxygen atoms in total. The van der Waals surface area contributed by atoms with E-state index in [-0.39, 0.29) is 16.6 Å². The molecule has 0 saturated heterocycles. The molecule has 1 N–H and O–H groups in total. The van der Waals surface area contributed by atoms with Gasteiger partial charge in [0, 0.05) is 11.1 Å². The van der Waals surface area contributed by atoms with E-state index < -0.39 is 17.8 Å². The summed E-state index contributed by atoms with van der Waals surface area (Å²) < 4.78 is 43.0. The molecule has 1 unspecified atom stereocenters. The number of hydrogen-bond acceptors (Lipinski definition) is 2. The summed E-state index contributed by atoms with van der Waals surface area (Å²) in [5.74, 6) is 0. The summed E-state index contributed by atoms with van der Waals surface area (Å²) in [5.41, 5.74) is -0.601. The highest BCUT2D eigenvalue weighted by Gasteiger charge is 2.33. The van der Waals surface area contributed by atoms with Crippen molar-refractivity contribution in [1.82, 2.24) is 0 Å². The van der Waals surface area contributed by atoms with E-state index in [1.54, 1.807) is 0 Å². The molecule has 0 bridgehead atoms. The molecule has 0 spiro atoms. The fourth-order valence-corrected chi connectivity index (χ4v) is 1.87. The van der Waals surface area contributed by atoms with E-state index in [9.17, 15) is 18.3 Å². The van der Waals surface area contributed by atoms with Crippen molar-refractivity contribution >= 4 is 15.9 Å². The Hall–Kier alpha value is -0.590. The van der Waals surface area contributed by atoms with E-state index in [2.05, 4.69) is 15.9 Å². The van der Waals surface area contributed by atoms with E-state index >= 15 is 0 Å². The van der Waals surface area contributed by atoms with Gasteiger partial charge in [-0.15, -0.1) is 0 Å². The number of aliphatic hydroxyl groups is 1. The normalized spacial score (nSPS) is 13.7. The molecule has 102 valence electrons. The molecule has 1 rings (SSSR count). The highest BCUT2D eigenvalue weighted by molar-refractivity contribution is 9.10. The maximum atomic E-state index is 12.7. The maximum absolute atomic E-state index is 12.7. The first kappa shape index (κ1) is 15.5. The molecule has 6 heteroatoms. The van der Waals surface area contributed by atoms with Crippen LogP contribution in [0.15, 0.2) is 22.7 Å². The lowest BCUT2D eigenvalue weighted by molar-refractivity contribution is -0.138. The second-order valence-corrected chi connectivity index (χ2v) is 4.68. The van der Waals surface area contributed by atoms with Crippen molar-refractivity contribution in [1.29, 1.82) is 0 Å². The summed E-state index contributed by atoms with van der Waals surface area (Å²) in [7, 11) is 0. The van der Waals surface area contributed by atoms with Gasteiger partial charge < -0.3 is 9.84 Å². The zero-order valence-electron chi connectivity index (χ0n) is 9.80. The van der Waals surface area contributed by atoms with Crippen molar-refractivity contribution in [2.24, 2.45) is 0 Å². The van der Waals surface area contributed by atoms with E-state index in [0.717, 1.165) is 12.5 Å². The fraction of sp³-hybridized carbons (Fsp3) is 0.500. The third-order valence-corrected chi connectivity index (χ3v) is 3.00. The van der Waals surface area contributed by atoms with Crippen LogP contribution >= 0.6 is 15.9 Å². The minimum absolute atomic E-state index is 0.00717. The fourth-order valence-electron chi connectivity index (χ4n) is 1.40. The predicted octanol–water partition coefficient (Wildman–Crippen LogP) is 3.93. The molecule has 0 fully saturated rings. The first-order valence-electron chi connectivity index (χ1n) is 5.48. The highest BCUT2D eigenvalue weighted by atomic mass is 79.9. The lowest BCUT2D eigenvalue weighted by Gasteiger charge is -2.15. The molecule has 18 heavy (non-hydrogen) atoms. The molecule has 0 amide bonds. The van der Waals surface area contributed by atoms with E-state index in [4.69, 9.17) is 4.74 Å². The molecule has 0 aromatic heterocycles. The second kappa shape index (κ2) is 6.54. The van der Waals surface area contributed by atoms with Crippen molar-refractivity contribution in [3.8, 4) is 0 Å². The Kier molecular flexibility index (Phi) is 5.62. The van der Waals surface area contributed by atoms with Crippen molar-refractivity contribution in [2.45, 2.75) is 25.6 Å². The van der Waals surface area contributed by atoms with Crippen LogP contribution in [-0.2, 0) is 10.9 Å². The van der Waals surface area contributed by atoms with Gasteiger partial charge in [-0.3, -0.25) is 0 Å². The third-order valence-electron chi connectivity index (χ3n) is 2.30. The van der Waals surface area contributed by atoms with Gasteiger partial charge in [-0.05, 0) is 24.1 Å². The Morgan fingerprint density at radius 1 is 1.39 bits per heavy atom. The van der Waals surface area contributed by atoms with Crippen LogP contribution in [0, 0.1) is 0 Å². The predicted molar refractivity (Wildman–Crippen MR) is 65.2 cm³/mol. The number of benzene rings is 1. The average Bonchev–Trinajstić information content (AvgIpc) is 2.28. The summed E-state index contributed by atoms with van der Waals surface area (Å²) >= 11 is 2.85. The first-order chi connectivity index (χ1) is 8.36. The number of rotatable bonds is 5. The molecule has 1 aromatic rings. The Balaban J connectivity index is 2.84. The molecule has 0 radical (unpaired) electrons. The van der Waals surface area contributed by atoms with Crippen LogP contribution in [0.3, 0.4) is 0 Å². The molecular formula is C12H14BrF3O2. The summed E-state index contributed by atoms with van der Waals surface area (Å²) in [6, 6.07) is 3.66. The van der Waals surface area contributed by atoms with E-state index in [1.165, 1.54) is 12.1 Å². The van der Waals surface area contributed by atoms with Crippen molar-refractivity contribution in [2.75, 3.05) is 13.2 Å². The molecule has 1 atom stereocenters. The molecule has 0 aliphatic heterocycles. The van der Waals surface area contributed by atoms with Crippen LogP contribution in [0.1, 0.15) is 30.6 Å². The zero-order valence-corrected chi connectivity index (χ0v) is 11.4. The molecule has 0 aliphatic rings. The third kappa shape index (κ3) is 4.26. The van der Waals surface area contributed by atoms with Crippen molar-refractivity contribution < 1.29 is 23.0 Å². The number of halogens is 4. The van der Waals surface area contributed by atoms with Gasteiger partial charge in [-0.2, -0.15) is 13.2 Å². The summed E-state index contributed by atoms with van der Waals surface area (Å²) in [5, 5.41) is 9.72. The Bertz CT molecular complexity index is 393. The first-order valence-corrected chi connectivity index (χ1v) is 6.28. The standard InChI is InChI=1S/C12H14BrF3O2/c1-2-5-18-7-11(17)8-3-4-10(13)9(6-8)12(14,15)16/h3-4,6,11,17H,2,5,7H2,1H3. The van der Waals surface area contributed by atoms with Crippen molar-refractivity contribution in [3.63, 3.8) is 0 Å². The minimum atomic E-state index is -4.45. The van der Waals surface area contributed by atoms with E-state index in [0.29, 0.717) is 6.61 Å². The molecule has 1 aromatic carbocycles. The quantitative estimate of drug-likeness (QED) is 0.831. The lowest BCUT2D eigenvalue weighted by atomic mass is 10.1. The largest absolute Gasteiger partial charge is 0.417 e. The highest BCUT2D eigenvalue weighted by Crippen LogP contribution is 2.36. The van der Waals surface area contributed by atoms with Crippen LogP contribution in [0.4, 0.5) is 13.2 Å². The number of hydrogen-bond donors (Lipinski definition) is 1. The summed E-state index contributed by atoms with van der Waals surface area (Å²) in [6.07, 6.45) is -4.70. The minimum Gasteiger partial charge on any atom is -0.386 e. The second-order valence-electron chi connectivity index (χ2n) is 3.83. The molecule has 0 aliphatic carbocycles. The topological polar surface area (TPSA) is 29.5 Å². The van der Waals surface area contributed by atoms with Gasteiger partial charge in [0.25, 0.3) is 0 Å². The van der Waals surface area contributed by atoms with Gasteiger partial charge in [0.2, 0.25) is 0 Å². The number of aliphatic hydroxyl groups excluding tert-OH is 1.